The molecule has 0 saturated heterocycles. The van der Waals surface area contributed by atoms with Gasteiger partial charge in [0.25, 0.3) is 0 Å². The minimum Gasteiger partial charge on any atom is -0.494 e. The van der Waals surface area contributed by atoms with Crippen LogP contribution in [0.1, 0.15) is 13.8 Å². The monoisotopic (exact) mass is 443 g/mol. The summed E-state index contributed by atoms with van der Waals surface area (Å²) in [5.74, 6) is 0.712. The summed E-state index contributed by atoms with van der Waals surface area (Å²) in [6.45, 7) is 4.96. The van der Waals surface area contributed by atoms with E-state index in [0.29, 0.717) is 34.1 Å². The van der Waals surface area contributed by atoms with Crippen LogP contribution in [0.2, 0.25) is 5.02 Å². The average Bonchev–Trinajstić information content (AvgIpc) is 2.43. The molecule has 0 amide bonds. The van der Waals surface area contributed by atoms with Crippen LogP contribution in [0.15, 0.2) is 33.5 Å². The number of pyridine rings is 1. The molecule has 0 N–H and O–H groups in total. The molecule has 1 heterocycles. The number of ether oxygens (including phenoxy) is 1. The van der Waals surface area contributed by atoms with Gasteiger partial charge < -0.3 is 9.30 Å². The first-order chi connectivity index (χ1) is 9.58. The van der Waals surface area contributed by atoms with Crippen LogP contribution in [0, 0.1) is 6.07 Å². The smallest absolute Gasteiger partial charge is 0.208 e. The summed E-state index contributed by atoms with van der Waals surface area (Å²) in [4.78, 5) is 12.1. The maximum absolute atomic E-state index is 12.1. The predicted molar refractivity (Wildman–Crippen MR) is 84.5 cm³/mol. The van der Waals surface area contributed by atoms with Crippen molar-refractivity contribution >= 4 is 27.5 Å². The molecule has 0 unspecified atom stereocenters. The molecule has 0 saturated carbocycles. The van der Waals surface area contributed by atoms with E-state index in [1.807, 2.05) is 26.0 Å². The Kier molecular flexibility index (Phi) is 7.62. The Hall–Kier alpha value is -0.156. The number of halogens is 2. The molecule has 6 heteroatoms. The first-order valence-corrected chi connectivity index (χ1v) is 7.49. The van der Waals surface area contributed by atoms with E-state index in [1.54, 1.807) is 16.7 Å². The van der Waals surface area contributed by atoms with Crippen molar-refractivity contribution in [3.8, 4) is 17.0 Å². The van der Waals surface area contributed by atoms with Crippen molar-refractivity contribution in [1.29, 1.82) is 0 Å². The Morgan fingerprint density at radius 2 is 2.10 bits per heavy atom. The second-order valence-corrected chi connectivity index (χ2v) is 5.37. The van der Waals surface area contributed by atoms with Gasteiger partial charge in [0.1, 0.15) is 5.75 Å². The van der Waals surface area contributed by atoms with E-state index in [4.69, 9.17) is 16.3 Å². The van der Waals surface area contributed by atoms with Crippen LogP contribution in [0.5, 0.6) is 5.75 Å². The van der Waals surface area contributed by atoms with Crippen LogP contribution in [-0.4, -0.2) is 11.2 Å². The van der Waals surface area contributed by atoms with E-state index in [0.717, 1.165) is 5.56 Å². The molecule has 21 heavy (non-hydrogen) atoms. The van der Waals surface area contributed by atoms with Crippen LogP contribution in [0.25, 0.3) is 11.3 Å². The normalized spacial score (nSPS) is 10.1. The third-order valence-corrected chi connectivity index (χ3v) is 3.76. The first-order valence-electron chi connectivity index (χ1n) is 6.32. The summed E-state index contributed by atoms with van der Waals surface area (Å²) in [5.41, 5.74) is 1.35. The van der Waals surface area contributed by atoms with Crippen molar-refractivity contribution in [2.24, 2.45) is 0 Å². The number of hydrogen-bond acceptors (Lipinski definition) is 2. The molecule has 1 radical (unpaired) electrons. The molecule has 109 valence electrons. The Morgan fingerprint density at radius 1 is 1.38 bits per heavy atom. The Labute approximate surface area is 162 Å². The van der Waals surface area contributed by atoms with Gasteiger partial charge in [0.05, 0.1) is 6.61 Å². The van der Waals surface area contributed by atoms with Crippen LogP contribution >= 0.6 is 27.5 Å². The van der Waals surface area contributed by atoms with E-state index < -0.39 is 0 Å². The molecule has 0 aliphatic heterocycles. The zero-order valence-electron chi connectivity index (χ0n) is 11.8. The van der Waals surface area contributed by atoms with Gasteiger partial charge in [-0.05, 0) is 35.5 Å². The zero-order valence-corrected chi connectivity index (χ0v) is 17.0. The van der Waals surface area contributed by atoms with Crippen molar-refractivity contribution in [2.45, 2.75) is 20.4 Å². The minimum atomic E-state index is -0.0915. The molecule has 3 nitrogen and oxygen atoms in total. The molecule has 0 aliphatic rings. The Morgan fingerprint density at radius 3 is 2.67 bits per heavy atom. The second-order valence-electron chi connectivity index (χ2n) is 4.11. The summed E-state index contributed by atoms with van der Waals surface area (Å²) in [6, 6.07) is 10.2. The maximum atomic E-state index is 12.1. The largest absolute Gasteiger partial charge is 0.494 e. The molecular formula is C15H14BrClNO2Y-. The van der Waals surface area contributed by atoms with Crippen LogP contribution < -0.4 is 10.3 Å². The molecule has 0 atom stereocenters. The molecule has 0 spiro atoms. The molecule has 2 rings (SSSR count). The molecule has 1 aromatic carbocycles. The van der Waals surface area contributed by atoms with Crippen molar-refractivity contribution < 1.29 is 37.4 Å². The van der Waals surface area contributed by atoms with Gasteiger partial charge in [-0.3, -0.25) is 4.79 Å². The third kappa shape index (κ3) is 4.19. The van der Waals surface area contributed by atoms with E-state index in [9.17, 15) is 4.79 Å². The third-order valence-electron chi connectivity index (χ3n) is 2.88. The van der Waals surface area contributed by atoms with E-state index in [1.165, 1.54) is 0 Å². The topological polar surface area (TPSA) is 31.2 Å². The number of aromatic nitrogens is 1. The molecule has 1 aromatic heterocycles. The van der Waals surface area contributed by atoms with Gasteiger partial charge >= 0.3 is 0 Å². The summed E-state index contributed by atoms with van der Waals surface area (Å²) in [7, 11) is 0. The average molecular weight is 445 g/mol. The number of nitrogens with zero attached hydrogens (tertiary/aromatic N) is 1. The molecule has 0 bridgehead atoms. The number of hydrogen-bond donors (Lipinski definition) is 0. The maximum Gasteiger partial charge on any atom is 0.208 e. The molecule has 2 aromatic rings. The van der Waals surface area contributed by atoms with Gasteiger partial charge in [0.15, 0.2) is 0 Å². The van der Waals surface area contributed by atoms with E-state index >= 15 is 0 Å². The van der Waals surface area contributed by atoms with Gasteiger partial charge in [-0.25, -0.2) is 0 Å². The second kappa shape index (κ2) is 8.47. The fourth-order valence-electron chi connectivity index (χ4n) is 1.97. The summed E-state index contributed by atoms with van der Waals surface area (Å²) < 4.78 is 7.53. The van der Waals surface area contributed by atoms with E-state index in [-0.39, 0.29) is 38.3 Å². The molecule has 0 aliphatic carbocycles. The fourth-order valence-corrected chi connectivity index (χ4v) is 2.56. The van der Waals surface area contributed by atoms with Gasteiger partial charge in [0, 0.05) is 39.3 Å². The SMILES string of the molecule is CCOc1ccc(-c2[c-]cc(Br)c(=O)n2CC)c(Cl)c1.[Y]. The number of benzene rings is 1. The first kappa shape index (κ1) is 18.9. The van der Waals surface area contributed by atoms with Crippen LogP contribution in [0.4, 0.5) is 0 Å². The van der Waals surface area contributed by atoms with Crippen molar-refractivity contribution in [2.75, 3.05) is 6.61 Å². The van der Waals surface area contributed by atoms with Crippen molar-refractivity contribution in [3.63, 3.8) is 0 Å². The summed E-state index contributed by atoms with van der Waals surface area (Å²) >= 11 is 9.52. The van der Waals surface area contributed by atoms with Crippen molar-refractivity contribution in [1.82, 2.24) is 4.57 Å². The number of rotatable bonds is 4. The fraction of sp³-hybridized carbons (Fsp3) is 0.267. The van der Waals surface area contributed by atoms with Gasteiger partial charge in [-0.15, -0.1) is 22.0 Å². The standard InChI is InChI=1S/C15H14BrClNO2.Y/c1-3-18-14(8-7-12(16)15(18)19)11-6-5-10(20-4-2)9-13(11)17;/h5-7,9H,3-4H2,1-2H3;/q-1;. The van der Waals surface area contributed by atoms with Crippen LogP contribution in [0.3, 0.4) is 0 Å². The van der Waals surface area contributed by atoms with Crippen LogP contribution in [-0.2, 0) is 39.3 Å². The molecule has 0 fully saturated rings. The van der Waals surface area contributed by atoms with Crippen molar-refractivity contribution in [3.05, 3.63) is 50.2 Å². The summed E-state index contributed by atoms with van der Waals surface area (Å²) in [6.07, 6.45) is 0. The van der Waals surface area contributed by atoms with Gasteiger partial charge in [0.2, 0.25) is 5.56 Å². The van der Waals surface area contributed by atoms with Gasteiger partial charge in [-0.1, -0.05) is 22.9 Å². The predicted octanol–water partition coefficient (Wildman–Crippen LogP) is 4.15. The van der Waals surface area contributed by atoms with E-state index in [2.05, 4.69) is 22.0 Å². The Bertz CT molecular complexity index is 688. The summed E-state index contributed by atoms with van der Waals surface area (Å²) in [5, 5.41) is 0.538. The van der Waals surface area contributed by atoms with Gasteiger partial charge in [-0.2, -0.15) is 12.1 Å². The zero-order chi connectivity index (χ0) is 14.7. The molecular weight excluding hydrogens is 430 g/mol. The quantitative estimate of drug-likeness (QED) is 0.664. The minimum absolute atomic E-state index is 0. The Balaban J connectivity index is 0.00000220.